The van der Waals surface area contributed by atoms with Gasteiger partial charge >= 0.3 is 5.97 Å². The highest BCUT2D eigenvalue weighted by Crippen LogP contribution is 2.28. The fourth-order valence-electron chi connectivity index (χ4n) is 2.71. The van der Waals surface area contributed by atoms with Gasteiger partial charge in [-0.1, -0.05) is 0 Å². The number of amides is 1. The fraction of sp³-hybridized carbons (Fsp3) is 0.714. The molecule has 0 spiro atoms. The molecule has 1 amide bonds. The smallest absolute Gasteiger partial charge is 0.375 e. The van der Waals surface area contributed by atoms with Crippen LogP contribution in [0.25, 0.3) is 0 Å². The molecule has 0 unspecified atom stereocenters. The summed E-state index contributed by atoms with van der Waals surface area (Å²) in [5.41, 5.74) is 0. The van der Waals surface area contributed by atoms with Gasteiger partial charge in [-0.15, -0.1) is 0 Å². The van der Waals surface area contributed by atoms with Crippen molar-refractivity contribution in [2.45, 2.75) is 49.8 Å². The molecule has 0 bridgehead atoms. The first-order valence-electron chi connectivity index (χ1n) is 7.69. The number of carboxylic acid groups (broad SMARTS) is 1. The summed E-state index contributed by atoms with van der Waals surface area (Å²) in [7, 11) is 0. The molecule has 148 valence electrons. The molecule has 0 radical (unpaired) electrons. The number of nitrogens with one attached hydrogen (secondary N) is 1. The third-order valence-electron chi connectivity index (χ3n) is 4.01. The number of carbonyl (C=O) groups is 2. The van der Waals surface area contributed by atoms with E-state index in [1.807, 2.05) is 0 Å². The molecule has 2 rings (SSSR count). The van der Waals surface area contributed by atoms with Gasteiger partial charge in [0.2, 0.25) is 18.0 Å². The van der Waals surface area contributed by atoms with Gasteiger partial charge in [-0.3, -0.25) is 4.79 Å². The molecule has 2 aliphatic rings. The summed E-state index contributed by atoms with van der Waals surface area (Å²) >= 11 is 0. The summed E-state index contributed by atoms with van der Waals surface area (Å²) < 4.78 is 15.5. The zero-order valence-corrected chi connectivity index (χ0v) is 13.7. The van der Waals surface area contributed by atoms with Crippen molar-refractivity contribution in [3.63, 3.8) is 0 Å². The lowest BCUT2D eigenvalue weighted by atomic mass is 9.97. The molecule has 12 heteroatoms. The maximum atomic E-state index is 11.3. The molecule has 0 aromatic heterocycles. The number of aliphatic carboxylic acids is 1. The molecule has 7 atom stereocenters. The average molecular weight is 379 g/mol. The van der Waals surface area contributed by atoms with E-state index in [0.717, 1.165) is 0 Å². The Morgan fingerprint density at radius 1 is 1.27 bits per heavy atom. The Hall–Kier alpha value is -1.96. The van der Waals surface area contributed by atoms with Crippen LogP contribution >= 0.6 is 0 Å². The minimum atomic E-state index is -2.00. The first kappa shape index (κ1) is 20.4. The summed E-state index contributed by atoms with van der Waals surface area (Å²) in [5.74, 6) is -4.29. The van der Waals surface area contributed by atoms with E-state index in [4.69, 9.17) is 19.3 Å². The van der Waals surface area contributed by atoms with Crippen molar-refractivity contribution in [2.75, 3.05) is 13.2 Å². The van der Waals surface area contributed by atoms with Gasteiger partial charge in [-0.25, -0.2) is 4.79 Å². The van der Waals surface area contributed by atoms with E-state index in [0.29, 0.717) is 0 Å². The van der Waals surface area contributed by atoms with Gasteiger partial charge in [0.1, 0.15) is 30.5 Å². The number of rotatable bonds is 5. The Labute approximate surface area is 147 Å². The average Bonchev–Trinajstić information content (AvgIpc) is 2.57. The topological polar surface area (TPSA) is 195 Å². The Morgan fingerprint density at radius 3 is 2.46 bits per heavy atom. The molecule has 1 saturated heterocycles. The first-order valence-corrected chi connectivity index (χ1v) is 7.69. The van der Waals surface area contributed by atoms with Crippen molar-refractivity contribution in [3.8, 4) is 0 Å². The highest BCUT2D eigenvalue weighted by molar-refractivity contribution is 5.85. The Morgan fingerprint density at radius 2 is 1.92 bits per heavy atom. The molecule has 26 heavy (non-hydrogen) atoms. The molecule has 7 N–H and O–H groups in total. The van der Waals surface area contributed by atoms with Gasteiger partial charge in [-0.2, -0.15) is 0 Å². The van der Waals surface area contributed by atoms with E-state index in [1.54, 1.807) is 0 Å². The molecular formula is C14H21NO11. The predicted octanol–water partition coefficient (Wildman–Crippen LogP) is -3.44. The lowest BCUT2D eigenvalue weighted by molar-refractivity contribution is -0.271. The number of ether oxygens (including phenoxy) is 3. The highest BCUT2D eigenvalue weighted by atomic mass is 16.7. The van der Waals surface area contributed by atoms with E-state index in [2.05, 4.69) is 5.32 Å². The van der Waals surface area contributed by atoms with Gasteiger partial charge in [0.05, 0.1) is 19.3 Å². The van der Waals surface area contributed by atoms with Gasteiger partial charge in [-0.05, 0) is 0 Å². The summed E-state index contributed by atoms with van der Waals surface area (Å²) in [6.07, 6.45) is -9.44. The van der Waals surface area contributed by atoms with Crippen molar-refractivity contribution in [2.24, 2.45) is 0 Å². The lowest BCUT2D eigenvalue weighted by Crippen LogP contribution is -2.63. The molecule has 0 aliphatic carbocycles. The molecule has 2 aliphatic heterocycles. The van der Waals surface area contributed by atoms with Crippen molar-refractivity contribution < 1.29 is 54.4 Å². The highest BCUT2D eigenvalue weighted by Gasteiger charge is 2.47. The molecule has 12 nitrogen and oxygen atoms in total. The molecule has 2 heterocycles. The zero-order valence-electron chi connectivity index (χ0n) is 13.7. The van der Waals surface area contributed by atoms with E-state index in [9.17, 15) is 35.1 Å². The molecular weight excluding hydrogens is 358 g/mol. The Kier molecular flexibility index (Phi) is 6.39. The van der Waals surface area contributed by atoms with Crippen LogP contribution in [0.2, 0.25) is 0 Å². The van der Waals surface area contributed by atoms with Crippen LogP contribution in [-0.2, 0) is 23.8 Å². The predicted molar refractivity (Wildman–Crippen MR) is 79.5 cm³/mol. The van der Waals surface area contributed by atoms with Crippen LogP contribution in [0.15, 0.2) is 11.5 Å². The quantitative estimate of drug-likeness (QED) is 0.251. The van der Waals surface area contributed by atoms with Crippen LogP contribution in [0, 0.1) is 0 Å². The zero-order chi connectivity index (χ0) is 19.6. The van der Waals surface area contributed by atoms with Gasteiger partial charge in [0.15, 0.2) is 5.76 Å². The Bertz CT molecular complexity index is 579. The van der Waals surface area contributed by atoms with E-state index in [-0.39, 0.29) is 6.61 Å². The van der Waals surface area contributed by atoms with E-state index in [1.165, 1.54) is 6.92 Å². The van der Waals surface area contributed by atoms with Crippen molar-refractivity contribution >= 4 is 11.9 Å². The number of aliphatic hydroxyl groups is 5. The maximum Gasteiger partial charge on any atom is 0.375 e. The van der Waals surface area contributed by atoms with Crippen molar-refractivity contribution in [3.05, 3.63) is 11.5 Å². The fourth-order valence-corrected chi connectivity index (χ4v) is 2.71. The second-order valence-corrected chi connectivity index (χ2v) is 5.89. The van der Waals surface area contributed by atoms with Crippen molar-refractivity contribution in [1.82, 2.24) is 5.32 Å². The van der Waals surface area contributed by atoms with E-state index >= 15 is 0 Å². The monoisotopic (exact) mass is 379 g/mol. The summed E-state index contributed by atoms with van der Waals surface area (Å²) in [5, 5.41) is 60.3. The van der Waals surface area contributed by atoms with Crippen LogP contribution in [0.4, 0.5) is 0 Å². The number of carbonyl (C=O) groups excluding carboxylic acids is 1. The van der Waals surface area contributed by atoms with Crippen LogP contribution in [0.1, 0.15) is 6.92 Å². The maximum absolute atomic E-state index is 11.3. The molecule has 1 fully saturated rings. The first-order chi connectivity index (χ1) is 12.2. The molecule has 0 aromatic rings. The number of aliphatic hydroxyl groups excluding tert-OH is 5. The molecule has 0 saturated carbocycles. The van der Waals surface area contributed by atoms with Gasteiger partial charge in [0, 0.05) is 6.92 Å². The van der Waals surface area contributed by atoms with Crippen LogP contribution in [0.3, 0.4) is 0 Å². The largest absolute Gasteiger partial charge is 0.506 e. The normalized spacial score (nSPS) is 37.8. The SMILES string of the molecule is CC(=O)N[C@@H]1CO[C@H](CO)[C@@H](O)[C@H]1O[C@@H]1OC(C(=O)O)=C(O)[C@H](O)[C@H]1O. The number of hydrogen-bond acceptors (Lipinski definition) is 10. The minimum Gasteiger partial charge on any atom is -0.506 e. The van der Waals surface area contributed by atoms with E-state index < -0.39 is 72.9 Å². The second kappa shape index (κ2) is 8.16. The minimum absolute atomic E-state index is 0.148. The summed E-state index contributed by atoms with van der Waals surface area (Å²) in [6.45, 7) is 0.497. The third kappa shape index (κ3) is 4.06. The third-order valence-corrected chi connectivity index (χ3v) is 4.01. The molecule has 0 aromatic carbocycles. The standard InChI is InChI=1S/C14H21NO11/c1-4(17)15-5-3-24-6(2-16)7(18)11(5)25-14-10(21)8(19)9(20)12(26-14)13(22)23/h5-8,10-11,14,16,18-21H,2-3H2,1H3,(H,15,17)(H,22,23)/t5-,6-,7-,8+,10-,11+,14-/m1/s1. The van der Waals surface area contributed by atoms with Crippen molar-refractivity contribution in [1.29, 1.82) is 0 Å². The van der Waals surface area contributed by atoms with Gasteiger partial charge < -0.3 is 50.2 Å². The van der Waals surface area contributed by atoms with Gasteiger partial charge in [0.25, 0.3) is 0 Å². The number of hydrogen-bond donors (Lipinski definition) is 7. The van der Waals surface area contributed by atoms with Crippen LogP contribution in [0.5, 0.6) is 0 Å². The Balaban J connectivity index is 2.23. The summed E-state index contributed by atoms with van der Waals surface area (Å²) in [4.78, 5) is 22.4. The van der Waals surface area contributed by atoms with Crippen LogP contribution < -0.4 is 5.32 Å². The second-order valence-electron chi connectivity index (χ2n) is 5.89. The summed E-state index contributed by atoms with van der Waals surface area (Å²) in [6, 6.07) is -0.911. The van der Waals surface area contributed by atoms with Crippen LogP contribution in [-0.4, -0.2) is 98.6 Å². The lowest BCUT2D eigenvalue weighted by Gasteiger charge is -2.42. The number of carboxylic acids is 1.